The summed E-state index contributed by atoms with van der Waals surface area (Å²) in [7, 11) is 0. The number of aryl methyl sites for hydroxylation is 2. The standard InChI is InChI=1S/C12H16N4O/c1-7(2)10-6-11(17)16(15-10)12-13-8(3)5-9(4)14-12/h5-7,15H,1-4H3. The fourth-order valence-corrected chi connectivity index (χ4v) is 1.67. The normalized spacial score (nSPS) is 11.1. The fourth-order valence-electron chi connectivity index (χ4n) is 1.67. The SMILES string of the molecule is Cc1cc(C)nc(-n2[nH]c(C(C)C)cc2=O)n1. The van der Waals surface area contributed by atoms with Crippen LogP contribution in [0.1, 0.15) is 36.8 Å². The van der Waals surface area contributed by atoms with E-state index >= 15 is 0 Å². The summed E-state index contributed by atoms with van der Waals surface area (Å²) in [6.45, 7) is 7.82. The summed E-state index contributed by atoms with van der Waals surface area (Å²) >= 11 is 0. The average Bonchev–Trinajstić information content (AvgIpc) is 2.59. The highest BCUT2D eigenvalue weighted by atomic mass is 16.1. The Bertz CT molecular complexity index is 575. The van der Waals surface area contributed by atoms with Gasteiger partial charge in [-0.3, -0.25) is 9.89 Å². The molecule has 0 fully saturated rings. The maximum Gasteiger partial charge on any atom is 0.274 e. The predicted octanol–water partition coefficient (Wildman–Crippen LogP) is 1.70. The second-order valence-corrected chi connectivity index (χ2v) is 4.49. The summed E-state index contributed by atoms with van der Waals surface area (Å²) in [5.41, 5.74) is 2.46. The summed E-state index contributed by atoms with van der Waals surface area (Å²) in [4.78, 5) is 20.3. The van der Waals surface area contributed by atoms with Crippen LogP contribution in [-0.4, -0.2) is 19.7 Å². The molecular weight excluding hydrogens is 216 g/mol. The Hall–Kier alpha value is -1.91. The van der Waals surface area contributed by atoms with Crippen LogP contribution in [0.25, 0.3) is 5.95 Å². The highest BCUT2D eigenvalue weighted by molar-refractivity contribution is 5.19. The van der Waals surface area contributed by atoms with Gasteiger partial charge in [-0.25, -0.2) is 9.97 Å². The van der Waals surface area contributed by atoms with Crippen LogP contribution in [0.15, 0.2) is 16.9 Å². The van der Waals surface area contributed by atoms with E-state index in [1.807, 2.05) is 33.8 Å². The van der Waals surface area contributed by atoms with Crippen molar-refractivity contribution in [1.82, 2.24) is 19.7 Å². The van der Waals surface area contributed by atoms with Crippen LogP contribution in [0, 0.1) is 13.8 Å². The minimum Gasteiger partial charge on any atom is -0.292 e. The number of nitrogens with zero attached hydrogens (tertiary/aromatic N) is 3. The number of rotatable bonds is 2. The molecule has 2 heterocycles. The zero-order valence-electron chi connectivity index (χ0n) is 10.5. The molecule has 17 heavy (non-hydrogen) atoms. The highest BCUT2D eigenvalue weighted by Crippen LogP contribution is 2.09. The van der Waals surface area contributed by atoms with Crippen molar-refractivity contribution in [3.05, 3.63) is 39.6 Å². The third kappa shape index (κ3) is 2.27. The van der Waals surface area contributed by atoms with Crippen LogP contribution >= 0.6 is 0 Å². The molecule has 2 aromatic rings. The Morgan fingerprint density at radius 2 is 1.76 bits per heavy atom. The first-order valence-electron chi connectivity index (χ1n) is 5.62. The molecule has 0 radical (unpaired) electrons. The van der Waals surface area contributed by atoms with Crippen LogP contribution in [0.2, 0.25) is 0 Å². The van der Waals surface area contributed by atoms with Crippen molar-refractivity contribution in [2.45, 2.75) is 33.6 Å². The fraction of sp³-hybridized carbons (Fsp3) is 0.417. The van der Waals surface area contributed by atoms with Crippen molar-refractivity contribution in [3.63, 3.8) is 0 Å². The van der Waals surface area contributed by atoms with E-state index in [1.54, 1.807) is 6.07 Å². The lowest BCUT2D eigenvalue weighted by Crippen LogP contribution is -2.17. The van der Waals surface area contributed by atoms with E-state index in [0.717, 1.165) is 17.1 Å². The van der Waals surface area contributed by atoms with Crippen molar-refractivity contribution in [3.8, 4) is 5.95 Å². The second kappa shape index (κ2) is 4.16. The van der Waals surface area contributed by atoms with Gasteiger partial charge in [0, 0.05) is 23.1 Å². The maximum absolute atomic E-state index is 11.8. The van der Waals surface area contributed by atoms with Gasteiger partial charge in [0.1, 0.15) is 0 Å². The van der Waals surface area contributed by atoms with Gasteiger partial charge in [-0.2, -0.15) is 4.68 Å². The van der Waals surface area contributed by atoms with Crippen molar-refractivity contribution in [2.24, 2.45) is 0 Å². The lowest BCUT2D eigenvalue weighted by Gasteiger charge is -2.04. The van der Waals surface area contributed by atoms with Crippen molar-refractivity contribution < 1.29 is 0 Å². The number of nitrogens with one attached hydrogen (secondary N) is 1. The maximum atomic E-state index is 11.8. The van der Waals surface area contributed by atoms with Crippen LogP contribution in [0.5, 0.6) is 0 Å². The molecule has 90 valence electrons. The minimum absolute atomic E-state index is 0.126. The zero-order valence-corrected chi connectivity index (χ0v) is 10.5. The van der Waals surface area contributed by atoms with Crippen LogP contribution in [0.4, 0.5) is 0 Å². The summed E-state index contributed by atoms with van der Waals surface area (Å²) < 4.78 is 1.38. The molecule has 5 nitrogen and oxygen atoms in total. The molecule has 1 N–H and O–H groups in total. The van der Waals surface area contributed by atoms with E-state index in [9.17, 15) is 4.79 Å². The summed E-state index contributed by atoms with van der Waals surface area (Å²) in [6.07, 6.45) is 0. The van der Waals surface area contributed by atoms with Gasteiger partial charge in [0.25, 0.3) is 11.5 Å². The smallest absolute Gasteiger partial charge is 0.274 e. The lowest BCUT2D eigenvalue weighted by molar-refractivity contribution is 0.725. The molecular formula is C12H16N4O. The Kier molecular flexibility index (Phi) is 2.83. The first-order valence-corrected chi connectivity index (χ1v) is 5.62. The van der Waals surface area contributed by atoms with Crippen molar-refractivity contribution >= 4 is 0 Å². The number of hydrogen-bond acceptors (Lipinski definition) is 3. The number of aromatic nitrogens is 4. The van der Waals surface area contributed by atoms with E-state index in [-0.39, 0.29) is 11.5 Å². The molecule has 0 amide bonds. The monoisotopic (exact) mass is 232 g/mol. The molecule has 0 aliphatic carbocycles. The Labute approximate surface area is 99.5 Å². The Morgan fingerprint density at radius 1 is 1.18 bits per heavy atom. The third-order valence-electron chi connectivity index (χ3n) is 2.53. The Balaban J connectivity index is 2.56. The van der Waals surface area contributed by atoms with Gasteiger partial charge in [0.15, 0.2) is 0 Å². The van der Waals surface area contributed by atoms with Crippen molar-refractivity contribution in [1.29, 1.82) is 0 Å². The molecule has 0 aliphatic rings. The average molecular weight is 232 g/mol. The second-order valence-electron chi connectivity index (χ2n) is 4.49. The predicted molar refractivity (Wildman–Crippen MR) is 65.5 cm³/mol. The topological polar surface area (TPSA) is 63.6 Å². The van der Waals surface area contributed by atoms with E-state index in [0.29, 0.717) is 5.95 Å². The quantitative estimate of drug-likeness (QED) is 0.857. The largest absolute Gasteiger partial charge is 0.292 e. The zero-order chi connectivity index (χ0) is 12.6. The van der Waals surface area contributed by atoms with Crippen LogP contribution in [0.3, 0.4) is 0 Å². The van der Waals surface area contributed by atoms with Gasteiger partial charge in [-0.1, -0.05) is 13.8 Å². The number of H-pyrrole nitrogens is 1. The highest BCUT2D eigenvalue weighted by Gasteiger charge is 2.10. The van der Waals surface area contributed by atoms with E-state index in [2.05, 4.69) is 15.1 Å². The molecule has 5 heteroatoms. The summed E-state index contributed by atoms with van der Waals surface area (Å²) in [5.74, 6) is 0.675. The van der Waals surface area contributed by atoms with E-state index in [1.165, 1.54) is 4.68 Å². The van der Waals surface area contributed by atoms with Gasteiger partial charge in [-0.05, 0) is 25.8 Å². The first-order chi connectivity index (χ1) is 7.97. The molecule has 0 bridgehead atoms. The van der Waals surface area contributed by atoms with E-state index in [4.69, 9.17) is 0 Å². The van der Waals surface area contributed by atoms with Gasteiger partial charge < -0.3 is 0 Å². The minimum atomic E-state index is -0.126. The summed E-state index contributed by atoms with van der Waals surface area (Å²) in [6, 6.07) is 3.46. The first kappa shape index (κ1) is 11.6. The molecule has 0 saturated heterocycles. The van der Waals surface area contributed by atoms with Gasteiger partial charge in [0.05, 0.1) is 0 Å². The summed E-state index contributed by atoms with van der Waals surface area (Å²) in [5, 5.41) is 3.03. The van der Waals surface area contributed by atoms with E-state index < -0.39 is 0 Å². The number of aromatic amines is 1. The molecule has 0 aliphatic heterocycles. The van der Waals surface area contributed by atoms with Crippen molar-refractivity contribution in [2.75, 3.05) is 0 Å². The molecule has 0 spiro atoms. The molecule has 0 saturated carbocycles. The van der Waals surface area contributed by atoms with Gasteiger partial charge in [0.2, 0.25) is 0 Å². The molecule has 0 atom stereocenters. The number of hydrogen-bond donors (Lipinski definition) is 1. The van der Waals surface area contributed by atoms with Crippen LogP contribution < -0.4 is 5.56 Å². The molecule has 0 unspecified atom stereocenters. The van der Waals surface area contributed by atoms with Crippen LogP contribution in [-0.2, 0) is 0 Å². The van der Waals surface area contributed by atoms with Gasteiger partial charge >= 0.3 is 0 Å². The lowest BCUT2D eigenvalue weighted by atomic mass is 10.1. The third-order valence-corrected chi connectivity index (χ3v) is 2.53. The molecule has 2 rings (SSSR count). The molecule has 0 aromatic carbocycles. The van der Waals surface area contributed by atoms with Gasteiger partial charge in [-0.15, -0.1) is 0 Å². The molecule has 2 aromatic heterocycles. The Morgan fingerprint density at radius 3 is 2.24 bits per heavy atom.